The highest BCUT2D eigenvalue weighted by Gasteiger charge is 2.13. The van der Waals surface area contributed by atoms with Crippen LogP contribution in [0.4, 0.5) is 0 Å². The summed E-state index contributed by atoms with van der Waals surface area (Å²) in [6, 6.07) is 6.11. The van der Waals surface area contributed by atoms with E-state index in [0.29, 0.717) is 6.42 Å². The predicted molar refractivity (Wildman–Crippen MR) is 52.9 cm³/mol. The van der Waals surface area contributed by atoms with E-state index in [-0.39, 0.29) is 12.4 Å². The molecule has 1 aromatic rings. The van der Waals surface area contributed by atoms with E-state index in [0.717, 1.165) is 5.56 Å². The normalized spacial score (nSPS) is 15.1. The van der Waals surface area contributed by atoms with Crippen LogP contribution < -0.4 is 5.73 Å². The van der Waals surface area contributed by atoms with Gasteiger partial charge in [-0.1, -0.05) is 12.1 Å². The Morgan fingerprint density at radius 1 is 1.21 bits per heavy atom. The minimum Gasteiger partial charge on any atom is -0.508 e. The third-order valence-electron chi connectivity index (χ3n) is 2.09. The third-order valence-corrected chi connectivity index (χ3v) is 2.09. The molecule has 0 heterocycles. The maximum Gasteiger partial charge on any atom is 0.115 e. The molecule has 0 fully saturated rings. The minimum absolute atomic E-state index is 0.199. The van der Waals surface area contributed by atoms with E-state index in [1.807, 2.05) is 0 Å². The second-order valence-electron chi connectivity index (χ2n) is 3.28. The summed E-state index contributed by atoms with van der Waals surface area (Å²) in [4.78, 5) is 0. The molecule has 0 aromatic heterocycles. The Balaban J connectivity index is 2.56. The quantitative estimate of drug-likeness (QED) is 0.529. The standard InChI is InChI=1S/C10H15NO3/c11-9(10(14)6-12)5-7-1-3-8(13)4-2-7/h1-4,9-10,12-14H,5-6,11H2/t9-,10-/m0/s1. The third kappa shape index (κ3) is 2.99. The van der Waals surface area contributed by atoms with Crippen molar-refractivity contribution < 1.29 is 15.3 Å². The lowest BCUT2D eigenvalue weighted by atomic mass is 10.0. The van der Waals surface area contributed by atoms with E-state index in [9.17, 15) is 5.11 Å². The van der Waals surface area contributed by atoms with E-state index in [1.54, 1.807) is 24.3 Å². The van der Waals surface area contributed by atoms with Crippen molar-refractivity contribution in [1.29, 1.82) is 0 Å². The van der Waals surface area contributed by atoms with E-state index < -0.39 is 12.1 Å². The van der Waals surface area contributed by atoms with E-state index >= 15 is 0 Å². The summed E-state index contributed by atoms with van der Waals surface area (Å²) in [6.07, 6.45) is -0.425. The highest BCUT2D eigenvalue weighted by atomic mass is 16.3. The molecule has 78 valence electrons. The van der Waals surface area contributed by atoms with Crippen LogP contribution >= 0.6 is 0 Å². The van der Waals surface area contributed by atoms with E-state index in [1.165, 1.54) is 0 Å². The van der Waals surface area contributed by atoms with Crippen LogP contribution in [0.5, 0.6) is 5.75 Å². The minimum atomic E-state index is -0.899. The Morgan fingerprint density at radius 3 is 2.29 bits per heavy atom. The molecule has 14 heavy (non-hydrogen) atoms. The molecular weight excluding hydrogens is 182 g/mol. The second-order valence-corrected chi connectivity index (χ2v) is 3.28. The number of rotatable bonds is 4. The van der Waals surface area contributed by atoms with Gasteiger partial charge in [-0.25, -0.2) is 0 Å². The molecule has 4 heteroatoms. The first kappa shape index (κ1) is 11.0. The van der Waals surface area contributed by atoms with Crippen LogP contribution in [-0.4, -0.2) is 34.1 Å². The van der Waals surface area contributed by atoms with Crippen molar-refractivity contribution >= 4 is 0 Å². The zero-order valence-electron chi connectivity index (χ0n) is 7.80. The highest BCUT2D eigenvalue weighted by Crippen LogP contribution is 2.11. The van der Waals surface area contributed by atoms with Crippen LogP contribution in [0.25, 0.3) is 0 Å². The number of phenolic OH excluding ortho intramolecular Hbond substituents is 1. The Hall–Kier alpha value is -1.10. The molecule has 0 bridgehead atoms. The van der Waals surface area contributed by atoms with Gasteiger partial charge in [0.25, 0.3) is 0 Å². The van der Waals surface area contributed by atoms with Gasteiger partial charge in [0, 0.05) is 6.04 Å². The van der Waals surface area contributed by atoms with Gasteiger partial charge in [-0.15, -0.1) is 0 Å². The van der Waals surface area contributed by atoms with Crippen LogP contribution in [0.1, 0.15) is 5.56 Å². The number of hydrogen-bond acceptors (Lipinski definition) is 4. The van der Waals surface area contributed by atoms with E-state index in [2.05, 4.69) is 0 Å². The Bertz CT molecular complexity index is 273. The fraction of sp³-hybridized carbons (Fsp3) is 0.400. The molecule has 0 saturated heterocycles. The monoisotopic (exact) mass is 197 g/mol. The molecule has 1 rings (SSSR count). The van der Waals surface area contributed by atoms with Gasteiger partial charge in [0.15, 0.2) is 0 Å². The first-order valence-electron chi connectivity index (χ1n) is 4.46. The van der Waals surface area contributed by atoms with Crippen molar-refractivity contribution in [2.24, 2.45) is 5.73 Å². The summed E-state index contributed by atoms with van der Waals surface area (Å²) < 4.78 is 0. The second kappa shape index (κ2) is 4.95. The van der Waals surface area contributed by atoms with Gasteiger partial charge in [0.05, 0.1) is 12.7 Å². The molecule has 2 atom stereocenters. The number of aliphatic hydroxyl groups is 2. The fourth-order valence-corrected chi connectivity index (χ4v) is 1.18. The maximum absolute atomic E-state index is 9.22. The van der Waals surface area contributed by atoms with Crippen molar-refractivity contribution in [3.8, 4) is 5.75 Å². The number of aromatic hydroxyl groups is 1. The van der Waals surface area contributed by atoms with Gasteiger partial charge >= 0.3 is 0 Å². The van der Waals surface area contributed by atoms with Gasteiger partial charge in [-0.3, -0.25) is 0 Å². The number of phenols is 1. The van der Waals surface area contributed by atoms with Crippen molar-refractivity contribution in [2.45, 2.75) is 18.6 Å². The maximum atomic E-state index is 9.22. The molecule has 5 N–H and O–H groups in total. The first-order valence-corrected chi connectivity index (χ1v) is 4.46. The molecule has 0 aliphatic carbocycles. The number of benzene rings is 1. The lowest BCUT2D eigenvalue weighted by molar-refractivity contribution is 0.0742. The van der Waals surface area contributed by atoms with Crippen LogP contribution in [0.3, 0.4) is 0 Å². The van der Waals surface area contributed by atoms with Gasteiger partial charge in [0.1, 0.15) is 5.75 Å². The first-order chi connectivity index (χ1) is 6.63. The zero-order chi connectivity index (χ0) is 10.6. The summed E-state index contributed by atoms with van der Waals surface area (Å²) in [5, 5.41) is 26.9. The molecule has 1 aromatic carbocycles. The summed E-state index contributed by atoms with van der Waals surface area (Å²) in [5.74, 6) is 0.199. The SMILES string of the molecule is N[C@@H](Cc1ccc(O)cc1)[C@@H](O)CO. The number of nitrogens with two attached hydrogens (primary N) is 1. The Morgan fingerprint density at radius 2 is 1.79 bits per heavy atom. The Kier molecular flexibility index (Phi) is 3.88. The molecule has 0 saturated carbocycles. The molecule has 0 radical (unpaired) electrons. The van der Waals surface area contributed by atoms with Gasteiger partial charge in [-0.05, 0) is 24.1 Å². The largest absolute Gasteiger partial charge is 0.508 e. The average molecular weight is 197 g/mol. The van der Waals surface area contributed by atoms with Crippen molar-refractivity contribution in [1.82, 2.24) is 0 Å². The zero-order valence-corrected chi connectivity index (χ0v) is 7.80. The summed E-state index contributed by atoms with van der Waals surface area (Å²) >= 11 is 0. The number of hydrogen-bond donors (Lipinski definition) is 4. The predicted octanol–water partition coefficient (Wildman–Crippen LogP) is -0.385. The van der Waals surface area contributed by atoms with Gasteiger partial charge < -0.3 is 21.1 Å². The van der Waals surface area contributed by atoms with Crippen LogP contribution in [0.2, 0.25) is 0 Å². The Labute approximate surface area is 82.6 Å². The van der Waals surface area contributed by atoms with Crippen molar-refractivity contribution in [3.05, 3.63) is 29.8 Å². The van der Waals surface area contributed by atoms with Crippen LogP contribution in [-0.2, 0) is 6.42 Å². The van der Waals surface area contributed by atoms with Gasteiger partial charge in [0.2, 0.25) is 0 Å². The van der Waals surface area contributed by atoms with Crippen molar-refractivity contribution in [3.63, 3.8) is 0 Å². The molecule has 0 spiro atoms. The summed E-state index contributed by atoms with van der Waals surface area (Å²) in [5.41, 5.74) is 6.54. The lowest BCUT2D eigenvalue weighted by Crippen LogP contribution is -2.38. The number of aliphatic hydroxyl groups excluding tert-OH is 2. The fourth-order valence-electron chi connectivity index (χ4n) is 1.18. The lowest BCUT2D eigenvalue weighted by Gasteiger charge is -2.16. The summed E-state index contributed by atoms with van der Waals surface area (Å²) in [6.45, 7) is -0.334. The van der Waals surface area contributed by atoms with Crippen LogP contribution in [0.15, 0.2) is 24.3 Å². The van der Waals surface area contributed by atoms with Gasteiger partial charge in [-0.2, -0.15) is 0 Å². The molecule has 0 unspecified atom stereocenters. The highest BCUT2D eigenvalue weighted by molar-refractivity contribution is 5.26. The van der Waals surface area contributed by atoms with E-state index in [4.69, 9.17) is 15.9 Å². The molecule has 0 aliphatic heterocycles. The molecule has 0 aliphatic rings. The average Bonchev–Trinajstić information content (AvgIpc) is 2.20. The molecular formula is C10H15NO3. The molecule has 0 amide bonds. The topological polar surface area (TPSA) is 86.7 Å². The van der Waals surface area contributed by atoms with Crippen molar-refractivity contribution in [2.75, 3.05) is 6.61 Å². The smallest absolute Gasteiger partial charge is 0.115 e. The molecule has 4 nitrogen and oxygen atoms in total. The summed E-state index contributed by atoms with van der Waals surface area (Å²) in [7, 11) is 0. The van der Waals surface area contributed by atoms with Crippen LogP contribution in [0, 0.1) is 0 Å².